The lowest BCUT2D eigenvalue weighted by molar-refractivity contribution is -0.120. The number of urea groups is 1. The van der Waals surface area contributed by atoms with Gasteiger partial charge in [0.1, 0.15) is 6.04 Å². The van der Waals surface area contributed by atoms with Crippen molar-refractivity contribution in [3.63, 3.8) is 0 Å². The smallest absolute Gasteiger partial charge is 0.321 e. The molecule has 0 bridgehead atoms. The standard InChI is InChI=1S/C17H23N3O2/c1-12(20-11-10-13-6-2-5-9-15(13)20)16(21)19-17(22)18-14-7-3-4-8-14/h2,5-6,9,12,14H,3-4,7-8,10-11H2,1H3,(H2,18,19,21,22)/t12-/m0/s1. The minimum absolute atomic E-state index is 0.218. The number of para-hydroxylation sites is 1. The first kappa shape index (κ1) is 14.9. The first-order valence-electron chi connectivity index (χ1n) is 8.11. The zero-order chi connectivity index (χ0) is 15.5. The van der Waals surface area contributed by atoms with Gasteiger partial charge in [0.25, 0.3) is 0 Å². The van der Waals surface area contributed by atoms with E-state index in [1.54, 1.807) is 0 Å². The summed E-state index contributed by atoms with van der Waals surface area (Å²) in [5.74, 6) is -0.243. The number of nitrogens with zero attached hydrogens (tertiary/aromatic N) is 1. The fraction of sp³-hybridized carbons (Fsp3) is 0.529. The molecule has 2 N–H and O–H groups in total. The third kappa shape index (κ3) is 3.08. The first-order chi connectivity index (χ1) is 10.6. The van der Waals surface area contributed by atoms with Gasteiger partial charge in [0.15, 0.2) is 0 Å². The van der Waals surface area contributed by atoms with Crippen molar-refractivity contribution in [3.8, 4) is 0 Å². The highest BCUT2D eigenvalue weighted by atomic mass is 16.2. The van der Waals surface area contributed by atoms with Crippen LogP contribution >= 0.6 is 0 Å². The molecule has 2 aliphatic rings. The van der Waals surface area contributed by atoms with Crippen molar-refractivity contribution >= 4 is 17.6 Å². The number of imide groups is 1. The molecule has 1 aliphatic heterocycles. The predicted octanol–water partition coefficient (Wildman–Crippen LogP) is 2.21. The van der Waals surface area contributed by atoms with E-state index in [1.807, 2.05) is 25.1 Å². The second kappa shape index (κ2) is 6.38. The second-order valence-electron chi connectivity index (χ2n) is 6.19. The largest absolute Gasteiger partial charge is 0.359 e. The second-order valence-corrected chi connectivity index (χ2v) is 6.19. The van der Waals surface area contributed by atoms with E-state index in [0.717, 1.165) is 44.3 Å². The Hall–Kier alpha value is -2.04. The molecule has 1 aromatic carbocycles. The summed E-state index contributed by atoms with van der Waals surface area (Å²) in [5, 5.41) is 5.37. The molecule has 5 heteroatoms. The maximum Gasteiger partial charge on any atom is 0.321 e. The average molecular weight is 301 g/mol. The zero-order valence-electron chi connectivity index (χ0n) is 13.0. The number of fused-ring (bicyclic) bond motifs is 1. The number of rotatable bonds is 3. The lowest BCUT2D eigenvalue weighted by atomic mass is 10.1. The molecule has 1 saturated carbocycles. The lowest BCUT2D eigenvalue weighted by Crippen LogP contribution is -2.50. The molecule has 3 amide bonds. The molecule has 0 spiro atoms. The van der Waals surface area contributed by atoms with Gasteiger partial charge in [-0.2, -0.15) is 0 Å². The van der Waals surface area contributed by atoms with Crippen molar-refractivity contribution in [3.05, 3.63) is 29.8 Å². The first-order valence-corrected chi connectivity index (χ1v) is 8.11. The highest BCUT2D eigenvalue weighted by molar-refractivity contribution is 5.98. The highest BCUT2D eigenvalue weighted by Gasteiger charge is 2.28. The van der Waals surface area contributed by atoms with E-state index in [0.29, 0.717) is 0 Å². The number of hydrogen-bond acceptors (Lipinski definition) is 3. The maximum atomic E-state index is 12.3. The molecule has 1 aromatic rings. The van der Waals surface area contributed by atoms with Crippen LogP contribution in [0.15, 0.2) is 24.3 Å². The lowest BCUT2D eigenvalue weighted by Gasteiger charge is -2.26. The Labute approximate surface area is 131 Å². The van der Waals surface area contributed by atoms with Crippen molar-refractivity contribution in [1.29, 1.82) is 0 Å². The summed E-state index contributed by atoms with van der Waals surface area (Å²) in [5.41, 5.74) is 2.36. The minimum Gasteiger partial charge on any atom is -0.359 e. The van der Waals surface area contributed by atoms with Crippen LogP contribution in [0.5, 0.6) is 0 Å². The molecule has 0 unspecified atom stereocenters. The van der Waals surface area contributed by atoms with Crippen LogP contribution in [-0.2, 0) is 11.2 Å². The van der Waals surface area contributed by atoms with Crippen LogP contribution in [0.4, 0.5) is 10.5 Å². The summed E-state index contributed by atoms with van der Waals surface area (Å²) >= 11 is 0. The predicted molar refractivity (Wildman–Crippen MR) is 85.9 cm³/mol. The van der Waals surface area contributed by atoms with Crippen LogP contribution < -0.4 is 15.5 Å². The maximum absolute atomic E-state index is 12.3. The molecule has 0 saturated heterocycles. The van der Waals surface area contributed by atoms with Crippen molar-refractivity contribution in [2.24, 2.45) is 0 Å². The van der Waals surface area contributed by atoms with E-state index in [4.69, 9.17) is 0 Å². The fourth-order valence-corrected chi connectivity index (χ4v) is 3.42. The molecule has 0 radical (unpaired) electrons. The molecular formula is C17H23N3O2. The highest BCUT2D eigenvalue weighted by Crippen LogP contribution is 2.29. The van der Waals surface area contributed by atoms with Gasteiger partial charge in [-0.15, -0.1) is 0 Å². The molecular weight excluding hydrogens is 278 g/mol. The molecule has 1 aliphatic carbocycles. The van der Waals surface area contributed by atoms with Gasteiger partial charge < -0.3 is 10.2 Å². The van der Waals surface area contributed by atoms with Crippen LogP contribution in [0.3, 0.4) is 0 Å². The van der Waals surface area contributed by atoms with Crippen molar-refractivity contribution in [1.82, 2.24) is 10.6 Å². The molecule has 0 aromatic heterocycles. The summed E-state index contributed by atoms with van der Waals surface area (Å²) in [6.45, 7) is 2.67. The number of carbonyl (C=O) groups is 2. The normalized spacial score (nSPS) is 18.9. The van der Waals surface area contributed by atoms with Crippen LogP contribution in [-0.4, -0.2) is 30.6 Å². The SMILES string of the molecule is C[C@@H](C(=O)NC(=O)NC1CCCC1)N1CCc2ccccc21. The van der Waals surface area contributed by atoms with E-state index in [-0.39, 0.29) is 24.0 Å². The van der Waals surface area contributed by atoms with Gasteiger partial charge in [-0.05, 0) is 37.8 Å². The van der Waals surface area contributed by atoms with Crippen molar-refractivity contribution < 1.29 is 9.59 Å². The summed E-state index contributed by atoms with van der Waals surface area (Å²) in [6.07, 6.45) is 5.27. The summed E-state index contributed by atoms with van der Waals surface area (Å²) < 4.78 is 0. The van der Waals surface area contributed by atoms with Gasteiger partial charge >= 0.3 is 6.03 Å². The minimum atomic E-state index is -0.365. The van der Waals surface area contributed by atoms with Gasteiger partial charge in [-0.25, -0.2) is 4.79 Å². The Kier molecular flexibility index (Phi) is 4.32. The van der Waals surface area contributed by atoms with Gasteiger partial charge in [0.2, 0.25) is 5.91 Å². The van der Waals surface area contributed by atoms with E-state index < -0.39 is 0 Å². The molecule has 1 heterocycles. The van der Waals surface area contributed by atoms with Gasteiger partial charge in [0, 0.05) is 18.3 Å². The summed E-state index contributed by atoms with van der Waals surface area (Å²) in [4.78, 5) is 26.3. The quantitative estimate of drug-likeness (QED) is 0.900. The van der Waals surface area contributed by atoms with E-state index in [9.17, 15) is 9.59 Å². The van der Waals surface area contributed by atoms with Gasteiger partial charge in [0.05, 0.1) is 0 Å². The number of anilines is 1. The Bertz CT molecular complexity index is 567. The van der Waals surface area contributed by atoms with Crippen LogP contribution in [0, 0.1) is 0 Å². The van der Waals surface area contributed by atoms with Crippen LogP contribution in [0.1, 0.15) is 38.2 Å². The Balaban J connectivity index is 1.57. The van der Waals surface area contributed by atoms with E-state index in [1.165, 1.54) is 5.56 Å². The fourth-order valence-electron chi connectivity index (χ4n) is 3.42. The van der Waals surface area contributed by atoms with Gasteiger partial charge in [-0.1, -0.05) is 31.0 Å². The van der Waals surface area contributed by atoms with Crippen LogP contribution in [0.25, 0.3) is 0 Å². The van der Waals surface area contributed by atoms with E-state index >= 15 is 0 Å². The third-order valence-corrected chi connectivity index (χ3v) is 4.70. The number of amides is 3. The average Bonchev–Trinajstić information content (AvgIpc) is 3.15. The third-order valence-electron chi connectivity index (χ3n) is 4.70. The molecule has 118 valence electrons. The number of benzene rings is 1. The number of nitrogens with one attached hydrogen (secondary N) is 2. The molecule has 5 nitrogen and oxygen atoms in total. The Morgan fingerprint density at radius 3 is 2.73 bits per heavy atom. The Morgan fingerprint density at radius 1 is 1.23 bits per heavy atom. The molecule has 1 fully saturated rings. The zero-order valence-corrected chi connectivity index (χ0v) is 13.0. The van der Waals surface area contributed by atoms with Gasteiger partial charge in [-0.3, -0.25) is 10.1 Å². The van der Waals surface area contributed by atoms with Crippen molar-refractivity contribution in [2.45, 2.75) is 51.1 Å². The molecule has 3 rings (SSSR count). The monoisotopic (exact) mass is 301 g/mol. The van der Waals surface area contributed by atoms with E-state index in [2.05, 4.69) is 21.6 Å². The number of hydrogen-bond donors (Lipinski definition) is 2. The molecule has 22 heavy (non-hydrogen) atoms. The molecule has 1 atom stereocenters. The van der Waals surface area contributed by atoms with Crippen molar-refractivity contribution in [2.75, 3.05) is 11.4 Å². The number of carbonyl (C=O) groups excluding carboxylic acids is 2. The summed E-state index contributed by atoms with van der Waals surface area (Å²) in [6, 6.07) is 7.62. The Morgan fingerprint density at radius 2 is 1.95 bits per heavy atom. The van der Waals surface area contributed by atoms with Crippen LogP contribution in [0.2, 0.25) is 0 Å². The summed E-state index contributed by atoms with van der Waals surface area (Å²) in [7, 11) is 0. The topological polar surface area (TPSA) is 61.4 Å².